The van der Waals surface area contributed by atoms with Crippen LogP contribution in [-0.2, 0) is 11.2 Å². The Labute approximate surface area is 213 Å². The quantitative estimate of drug-likeness (QED) is 0.539. The highest BCUT2D eigenvalue weighted by Crippen LogP contribution is 2.53. The number of thioether (sulfide) groups is 1. The average Bonchev–Trinajstić information content (AvgIpc) is 3.28. The van der Waals surface area contributed by atoms with E-state index in [0.29, 0.717) is 41.8 Å². The van der Waals surface area contributed by atoms with Crippen LogP contribution in [0.5, 0.6) is 5.75 Å². The van der Waals surface area contributed by atoms with Crippen LogP contribution < -0.4 is 4.74 Å². The van der Waals surface area contributed by atoms with Gasteiger partial charge in [0.2, 0.25) is 0 Å². The first kappa shape index (κ1) is 24.4. The largest absolute Gasteiger partial charge is 0.494 e. The first-order chi connectivity index (χ1) is 16.6. The molecule has 0 bridgehead atoms. The number of rotatable bonds is 3. The molecule has 3 aliphatic rings. The Bertz CT molecular complexity index is 1220. The van der Waals surface area contributed by atoms with Crippen molar-refractivity contribution in [3.63, 3.8) is 0 Å². The summed E-state index contributed by atoms with van der Waals surface area (Å²) in [5, 5.41) is 1.29. The molecular formula is C28H34BN2O3S. The van der Waals surface area contributed by atoms with E-state index in [9.17, 15) is 9.59 Å². The van der Waals surface area contributed by atoms with Crippen molar-refractivity contribution in [1.82, 2.24) is 9.88 Å². The number of fused-ring (bicyclic) bond motifs is 1. The fraction of sp³-hybridized carbons (Fsp3) is 0.536. The van der Waals surface area contributed by atoms with Gasteiger partial charge >= 0.3 is 0 Å². The van der Waals surface area contributed by atoms with Crippen LogP contribution in [0.3, 0.4) is 0 Å². The lowest BCUT2D eigenvalue weighted by Crippen LogP contribution is -2.45. The number of methoxy groups -OCH3 is 1. The van der Waals surface area contributed by atoms with Crippen molar-refractivity contribution in [2.75, 3.05) is 20.2 Å². The van der Waals surface area contributed by atoms with Crippen molar-refractivity contribution in [2.45, 2.75) is 64.9 Å². The van der Waals surface area contributed by atoms with Gasteiger partial charge in [-0.25, -0.2) is 0 Å². The zero-order valence-electron chi connectivity index (χ0n) is 21.4. The van der Waals surface area contributed by atoms with Gasteiger partial charge in [-0.3, -0.25) is 14.6 Å². The topological polar surface area (TPSA) is 59.5 Å². The number of Topliss-reactive ketones (excluding diaryl/α,β-unsaturated/α-hetero) is 1. The van der Waals surface area contributed by atoms with E-state index in [2.05, 4.69) is 46.0 Å². The molecule has 0 N–H and O–H groups in total. The van der Waals surface area contributed by atoms with Gasteiger partial charge in [0.15, 0.2) is 13.1 Å². The van der Waals surface area contributed by atoms with Crippen LogP contribution in [0.1, 0.15) is 69.3 Å². The van der Waals surface area contributed by atoms with Crippen LogP contribution in [-0.4, -0.2) is 54.2 Å². The predicted octanol–water partition coefficient (Wildman–Crippen LogP) is 5.43. The number of ketones is 1. The summed E-state index contributed by atoms with van der Waals surface area (Å²) in [6.07, 6.45) is 6.08. The molecule has 1 aromatic heterocycles. The van der Waals surface area contributed by atoms with Gasteiger partial charge in [0.1, 0.15) is 11.3 Å². The Morgan fingerprint density at radius 3 is 2.63 bits per heavy atom. The van der Waals surface area contributed by atoms with E-state index in [1.807, 2.05) is 35.0 Å². The zero-order chi connectivity index (χ0) is 25.0. The molecule has 1 aromatic carbocycles. The Morgan fingerprint density at radius 1 is 1.23 bits per heavy atom. The summed E-state index contributed by atoms with van der Waals surface area (Å²) in [4.78, 5) is 34.4. The highest BCUT2D eigenvalue weighted by atomic mass is 32.2. The molecule has 1 spiro atoms. The number of aryl methyl sites for hydroxylation is 1. The summed E-state index contributed by atoms with van der Waals surface area (Å²) in [7, 11) is 3.83. The lowest BCUT2D eigenvalue weighted by molar-refractivity contribution is -0.118. The second-order valence-electron chi connectivity index (χ2n) is 11.4. The Kier molecular flexibility index (Phi) is 6.27. The molecule has 0 saturated carbocycles. The molecule has 1 radical (unpaired) electrons. The molecule has 1 amide bonds. The molecule has 1 atom stereocenters. The number of pyridine rings is 1. The lowest BCUT2D eigenvalue weighted by Gasteiger charge is -2.44. The van der Waals surface area contributed by atoms with E-state index in [-0.39, 0.29) is 16.7 Å². The third-order valence-electron chi connectivity index (χ3n) is 7.90. The van der Waals surface area contributed by atoms with Crippen molar-refractivity contribution in [3.05, 3.63) is 45.9 Å². The second kappa shape index (κ2) is 8.99. The molecule has 183 valence electrons. The molecule has 1 saturated heterocycles. The van der Waals surface area contributed by atoms with Gasteiger partial charge in [0, 0.05) is 36.7 Å². The Hall–Kier alpha value is -2.28. The van der Waals surface area contributed by atoms with Crippen molar-refractivity contribution in [1.29, 1.82) is 0 Å². The van der Waals surface area contributed by atoms with Crippen LogP contribution in [0.25, 0.3) is 10.9 Å². The molecule has 5 nitrogen and oxygen atoms in total. The first-order valence-electron chi connectivity index (χ1n) is 12.7. The van der Waals surface area contributed by atoms with Crippen LogP contribution in [0, 0.1) is 10.8 Å². The molecule has 35 heavy (non-hydrogen) atoms. The minimum absolute atomic E-state index is 0.0126. The number of piperidine rings is 1. The number of likely N-dealkylation sites (tertiary alicyclic amines) is 1. The predicted molar refractivity (Wildman–Crippen MR) is 143 cm³/mol. The molecule has 7 heteroatoms. The Balaban J connectivity index is 1.32. The van der Waals surface area contributed by atoms with Crippen LogP contribution in [0.15, 0.2) is 34.8 Å². The maximum absolute atomic E-state index is 13.5. The summed E-state index contributed by atoms with van der Waals surface area (Å²) >= 11 is 1.89. The van der Waals surface area contributed by atoms with Gasteiger partial charge in [-0.2, -0.15) is 0 Å². The van der Waals surface area contributed by atoms with E-state index < -0.39 is 0 Å². The van der Waals surface area contributed by atoms with E-state index in [1.54, 1.807) is 7.11 Å². The smallest absolute Gasteiger partial charge is 0.254 e. The monoisotopic (exact) mass is 489 g/mol. The fourth-order valence-corrected chi connectivity index (χ4v) is 7.16. The standard InChI is InChI=1S/C28H34BN2O3S/c1-6-17-11-18-12-19(13-21(34-5)24(18)30-16-17)25(33)31-9-7-28(8-10-31)14-20(32)23-22(15-28)35-26(29-23)27(2,3)4/h11-13,16,26H,6-10,14-15H2,1-5H3. The lowest BCUT2D eigenvalue weighted by atomic mass is 9.54. The molecular weight excluding hydrogens is 455 g/mol. The number of amides is 1. The van der Waals surface area contributed by atoms with Gasteiger partial charge in [-0.1, -0.05) is 27.7 Å². The van der Waals surface area contributed by atoms with Crippen molar-refractivity contribution < 1.29 is 14.3 Å². The summed E-state index contributed by atoms with van der Waals surface area (Å²) in [5.41, 5.74) is 3.65. The van der Waals surface area contributed by atoms with Crippen molar-refractivity contribution >= 4 is 41.6 Å². The van der Waals surface area contributed by atoms with Gasteiger partial charge < -0.3 is 9.64 Å². The maximum atomic E-state index is 13.5. The van der Waals surface area contributed by atoms with Gasteiger partial charge in [0.25, 0.3) is 5.91 Å². The average molecular weight is 489 g/mol. The number of hydrogen-bond acceptors (Lipinski definition) is 5. The molecule has 5 rings (SSSR count). The van der Waals surface area contributed by atoms with E-state index in [0.717, 1.165) is 47.6 Å². The van der Waals surface area contributed by atoms with Gasteiger partial charge in [0.05, 0.1) is 7.11 Å². The summed E-state index contributed by atoms with van der Waals surface area (Å²) in [6, 6.07) is 5.84. The van der Waals surface area contributed by atoms with E-state index in [1.165, 1.54) is 4.91 Å². The number of nitrogens with zero attached hydrogens (tertiary/aromatic N) is 2. The number of aromatic nitrogens is 1. The third kappa shape index (κ3) is 4.52. The number of carbonyl (C=O) groups is 2. The van der Waals surface area contributed by atoms with Crippen LogP contribution in [0.2, 0.25) is 0 Å². The second-order valence-corrected chi connectivity index (χ2v) is 12.7. The molecule has 2 aromatic rings. The van der Waals surface area contributed by atoms with Gasteiger partial charge in [-0.05, 0) is 75.8 Å². The number of allylic oxidation sites excluding steroid dienone is 2. The highest BCUT2D eigenvalue weighted by molar-refractivity contribution is 8.05. The SMILES string of the molecule is CCc1cnc2c(OC)cc(C(=O)N3CCC4(CC3)CC(=O)C3=C(C4)SC(C(C)(C)C)[B]3)cc2c1. The summed E-state index contributed by atoms with van der Waals surface area (Å²) < 4.78 is 5.57. The number of benzene rings is 1. The summed E-state index contributed by atoms with van der Waals surface area (Å²) in [5.74, 6) is 0.950. The molecule has 1 unspecified atom stereocenters. The minimum atomic E-state index is -0.0126. The minimum Gasteiger partial charge on any atom is -0.494 e. The van der Waals surface area contributed by atoms with Crippen LogP contribution in [0.4, 0.5) is 0 Å². The third-order valence-corrected chi connectivity index (χ3v) is 9.65. The number of hydrogen-bond donors (Lipinski definition) is 0. The maximum Gasteiger partial charge on any atom is 0.254 e. The molecule has 2 aliphatic heterocycles. The molecule has 1 fully saturated rings. The highest BCUT2D eigenvalue weighted by Gasteiger charge is 2.47. The van der Waals surface area contributed by atoms with Crippen molar-refractivity contribution in [3.8, 4) is 5.75 Å². The van der Waals surface area contributed by atoms with Crippen molar-refractivity contribution in [2.24, 2.45) is 10.8 Å². The number of ether oxygens (including phenoxy) is 1. The summed E-state index contributed by atoms with van der Waals surface area (Å²) in [6.45, 7) is 10.2. The normalized spacial score (nSPS) is 21.9. The van der Waals surface area contributed by atoms with Gasteiger partial charge in [-0.15, -0.1) is 11.8 Å². The first-order valence-corrected chi connectivity index (χ1v) is 13.5. The molecule has 1 aliphatic carbocycles. The molecule has 3 heterocycles. The van der Waals surface area contributed by atoms with E-state index >= 15 is 0 Å². The Morgan fingerprint density at radius 2 is 1.97 bits per heavy atom. The zero-order valence-corrected chi connectivity index (χ0v) is 22.3. The fourth-order valence-electron chi connectivity index (χ4n) is 5.60. The number of carbonyl (C=O) groups excluding carboxylic acids is 2. The van der Waals surface area contributed by atoms with E-state index in [4.69, 9.17) is 4.74 Å². The van der Waals surface area contributed by atoms with Crippen LogP contribution >= 0.6 is 11.8 Å².